The Morgan fingerprint density at radius 1 is 1.22 bits per heavy atom. The van der Waals surface area contributed by atoms with Crippen LogP contribution in [0.2, 0.25) is 0 Å². The number of nitrogens with zero attached hydrogens (tertiary/aromatic N) is 1. The third-order valence-electron chi connectivity index (χ3n) is 2.62. The first kappa shape index (κ1) is 15.5. The lowest BCUT2D eigenvalue weighted by Gasteiger charge is -2.20. The van der Waals surface area contributed by atoms with Crippen LogP contribution in [0.1, 0.15) is 52.5 Å². The summed E-state index contributed by atoms with van der Waals surface area (Å²) in [5, 5.41) is 4.61. The summed E-state index contributed by atoms with van der Waals surface area (Å²) in [6.45, 7) is 9.66. The lowest BCUT2D eigenvalue weighted by molar-refractivity contribution is 0.424. The van der Waals surface area contributed by atoms with E-state index in [1.165, 1.54) is 30.6 Å². The highest BCUT2D eigenvalue weighted by molar-refractivity contribution is 7.99. The second-order valence-corrected chi connectivity index (χ2v) is 6.78. The van der Waals surface area contributed by atoms with Crippen LogP contribution in [-0.2, 0) is 6.54 Å². The van der Waals surface area contributed by atoms with E-state index in [1.807, 2.05) is 18.0 Å². The van der Waals surface area contributed by atoms with Crippen LogP contribution < -0.4 is 5.32 Å². The molecule has 1 aromatic rings. The predicted octanol–water partition coefficient (Wildman–Crippen LogP) is 4.25. The average molecular weight is 266 g/mol. The molecule has 0 spiro atoms. The average Bonchev–Trinajstić information content (AvgIpc) is 2.33. The Kier molecular flexibility index (Phi) is 6.72. The molecule has 18 heavy (non-hydrogen) atoms. The molecule has 0 aliphatic rings. The smallest absolute Gasteiger partial charge is 0.0960 e. The van der Waals surface area contributed by atoms with Gasteiger partial charge in [0.05, 0.1) is 5.03 Å². The molecule has 3 heteroatoms. The van der Waals surface area contributed by atoms with Gasteiger partial charge < -0.3 is 5.32 Å². The highest BCUT2D eigenvalue weighted by Crippen LogP contribution is 2.17. The van der Waals surface area contributed by atoms with E-state index in [-0.39, 0.29) is 5.54 Å². The van der Waals surface area contributed by atoms with Crippen molar-refractivity contribution >= 4 is 11.8 Å². The van der Waals surface area contributed by atoms with E-state index in [0.29, 0.717) is 0 Å². The molecule has 0 aromatic carbocycles. The van der Waals surface area contributed by atoms with Gasteiger partial charge in [0.1, 0.15) is 0 Å². The molecule has 0 saturated heterocycles. The number of nitrogens with one attached hydrogen (secondary N) is 1. The fourth-order valence-corrected chi connectivity index (χ4v) is 2.35. The lowest BCUT2D eigenvalue weighted by Crippen LogP contribution is -2.35. The Labute approximate surface area is 116 Å². The Hall–Kier alpha value is -0.540. The number of pyridine rings is 1. The van der Waals surface area contributed by atoms with Crippen LogP contribution in [0, 0.1) is 0 Å². The zero-order valence-electron chi connectivity index (χ0n) is 12.1. The van der Waals surface area contributed by atoms with Gasteiger partial charge in [-0.15, -0.1) is 11.8 Å². The molecule has 0 amide bonds. The number of aromatic nitrogens is 1. The summed E-state index contributed by atoms with van der Waals surface area (Å²) in [5.41, 5.74) is 1.41. The quantitative estimate of drug-likeness (QED) is 0.590. The maximum Gasteiger partial charge on any atom is 0.0960 e. The van der Waals surface area contributed by atoms with Gasteiger partial charge in [-0.05, 0) is 44.6 Å². The summed E-state index contributed by atoms with van der Waals surface area (Å²) in [7, 11) is 0. The lowest BCUT2D eigenvalue weighted by atomic mass is 10.1. The van der Waals surface area contributed by atoms with Crippen molar-refractivity contribution in [1.29, 1.82) is 0 Å². The molecular formula is C15H26N2S. The first-order valence-corrected chi connectivity index (χ1v) is 7.82. The third kappa shape index (κ3) is 7.02. The van der Waals surface area contributed by atoms with Gasteiger partial charge in [-0.3, -0.25) is 0 Å². The van der Waals surface area contributed by atoms with E-state index in [0.717, 1.165) is 11.6 Å². The SMILES string of the molecule is CCCCCSc1ccc(CNC(C)(C)C)cn1. The first-order valence-electron chi connectivity index (χ1n) is 6.84. The topological polar surface area (TPSA) is 24.9 Å². The Morgan fingerprint density at radius 2 is 2.00 bits per heavy atom. The fourth-order valence-electron chi connectivity index (χ4n) is 1.50. The van der Waals surface area contributed by atoms with Crippen LogP contribution in [-0.4, -0.2) is 16.3 Å². The van der Waals surface area contributed by atoms with E-state index < -0.39 is 0 Å². The van der Waals surface area contributed by atoms with Crippen LogP contribution in [0.15, 0.2) is 23.4 Å². The summed E-state index contributed by atoms with van der Waals surface area (Å²) >= 11 is 1.86. The van der Waals surface area contributed by atoms with Gasteiger partial charge >= 0.3 is 0 Å². The van der Waals surface area contributed by atoms with Gasteiger partial charge in [0, 0.05) is 18.3 Å². The minimum absolute atomic E-state index is 0.160. The molecule has 0 bridgehead atoms. The molecule has 1 rings (SSSR count). The van der Waals surface area contributed by atoms with Gasteiger partial charge in [0.2, 0.25) is 0 Å². The zero-order valence-corrected chi connectivity index (χ0v) is 12.9. The van der Waals surface area contributed by atoms with Gasteiger partial charge in [-0.25, -0.2) is 4.98 Å². The van der Waals surface area contributed by atoms with Crippen molar-refractivity contribution in [3.05, 3.63) is 23.9 Å². The van der Waals surface area contributed by atoms with Crippen molar-refractivity contribution in [2.45, 2.75) is 64.1 Å². The highest BCUT2D eigenvalue weighted by Gasteiger charge is 2.08. The first-order chi connectivity index (χ1) is 8.51. The second kappa shape index (κ2) is 7.80. The normalized spacial score (nSPS) is 11.8. The molecule has 1 aromatic heterocycles. The second-order valence-electron chi connectivity index (χ2n) is 5.66. The summed E-state index contributed by atoms with van der Waals surface area (Å²) in [6, 6.07) is 4.31. The number of hydrogen-bond acceptors (Lipinski definition) is 3. The van der Waals surface area contributed by atoms with E-state index in [4.69, 9.17) is 0 Å². The summed E-state index contributed by atoms with van der Waals surface area (Å²) < 4.78 is 0. The minimum atomic E-state index is 0.160. The summed E-state index contributed by atoms with van der Waals surface area (Å²) in [6.07, 6.45) is 5.88. The molecule has 0 fully saturated rings. The number of hydrogen-bond donors (Lipinski definition) is 1. The van der Waals surface area contributed by atoms with Crippen molar-refractivity contribution in [2.75, 3.05) is 5.75 Å². The molecule has 2 nitrogen and oxygen atoms in total. The monoisotopic (exact) mass is 266 g/mol. The van der Waals surface area contributed by atoms with Gasteiger partial charge in [0.25, 0.3) is 0 Å². The maximum absolute atomic E-state index is 4.50. The van der Waals surface area contributed by atoms with E-state index in [1.54, 1.807) is 0 Å². The van der Waals surface area contributed by atoms with Crippen molar-refractivity contribution in [1.82, 2.24) is 10.3 Å². The van der Waals surface area contributed by atoms with Crippen molar-refractivity contribution in [3.63, 3.8) is 0 Å². The molecule has 1 N–H and O–H groups in total. The van der Waals surface area contributed by atoms with Crippen molar-refractivity contribution in [3.8, 4) is 0 Å². The molecule has 1 heterocycles. The Bertz CT molecular complexity index is 327. The maximum atomic E-state index is 4.50. The number of unbranched alkanes of at least 4 members (excludes halogenated alkanes) is 2. The molecular weight excluding hydrogens is 240 g/mol. The van der Waals surface area contributed by atoms with Crippen molar-refractivity contribution in [2.24, 2.45) is 0 Å². The molecule has 0 radical (unpaired) electrons. The summed E-state index contributed by atoms with van der Waals surface area (Å²) in [5.74, 6) is 1.18. The van der Waals surface area contributed by atoms with Gasteiger partial charge in [-0.2, -0.15) is 0 Å². The molecule has 0 atom stereocenters. The van der Waals surface area contributed by atoms with Gasteiger partial charge in [0.15, 0.2) is 0 Å². The Morgan fingerprint density at radius 3 is 2.56 bits per heavy atom. The van der Waals surface area contributed by atoms with Crippen LogP contribution in [0.4, 0.5) is 0 Å². The Balaban J connectivity index is 2.33. The van der Waals surface area contributed by atoms with Crippen molar-refractivity contribution < 1.29 is 0 Å². The minimum Gasteiger partial charge on any atom is -0.308 e. The standard InChI is InChI=1S/C15H26N2S/c1-5-6-7-10-18-14-9-8-13(11-16-14)12-17-15(2,3)4/h8-9,11,17H,5-7,10,12H2,1-4H3. The zero-order chi connectivity index (χ0) is 13.4. The van der Waals surface area contributed by atoms with E-state index in [2.05, 4.69) is 50.1 Å². The van der Waals surface area contributed by atoms with E-state index >= 15 is 0 Å². The van der Waals surface area contributed by atoms with Crippen LogP contribution in [0.5, 0.6) is 0 Å². The molecule has 0 aliphatic heterocycles. The van der Waals surface area contributed by atoms with Crippen LogP contribution >= 0.6 is 11.8 Å². The van der Waals surface area contributed by atoms with Crippen LogP contribution in [0.25, 0.3) is 0 Å². The fraction of sp³-hybridized carbons (Fsp3) is 0.667. The molecule has 0 saturated carbocycles. The number of rotatable bonds is 7. The molecule has 0 unspecified atom stereocenters. The summed E-state index contributed by atoms with van der Waals surface area (Å²) in [4.78, 5) is 4.50. The highest BCUT2D eigenvalue weighted by atomic mass is 32.2. The molecule has 102 valence electrons. The van der Waals surface area contributed by atoms with E-state index in [9.17, 15) is 0 Å². The number of thioether (sulfide) groups is 1. The largest absolute Gasteiger partial charge is 0.308 e. The molecule has 0 aliphatic carbocycles. The predicted molar refractivity (Wildman–Crippen MR) is 81.1 cm³/mol. The third-order valence-corrected chi connectivity index (χ3v) is 3.65. The van der Waals surface area contributed by atoms with Gasteiger partial charge in [-0.1, -0.05) is 25.8 Å². The van der Waals surface area contributed by atoms with Crippen LogP contribution in [0.3, 0.4) is 0 Å².